The zero-order chi connectivity index (χ0) is 23.9. The molecule has 3 aromatic rings. The lowest BCUT2D eigenvalue weighted by atomic mass is 9.98. The monoisotopic (exact) mass is 458 g/mol. The number of carbonyl (C=O) groups excluding carboxylic acids is 1. The van der Waals surface area contributed by atoms with Crippen LogP contribution in [0.4, 0.5) is 24.7 Å². The van der Waals surface area contributed by atoms with Crippen LogP contribution >= 0.6 is 0 Å². The van der Waals surface area contributed by atoms with Gasteiger partial charge in [-0.3, -0.25) is 9.78 Å². The van der Waals surface area contributed by atoms with E-state index in [1.54, 1.807) is 45.1 Å². The first-order chi connectivity index (χ1) is 15.5. The van der Waals surface area contributed by atoms with Gasteiger partial charge in [-0.1, -0.05) is 12.1 Å². The number of nitrogens with zero attached hydrogens (tertiary/aromatic N) is 5. The number of rotatable bonds is 5. The van der Waals surface area contributed by atoms with E-state index in [2.05, 4.69) is 25.4 Å². The first-order valence-electron chi connectivity index (χ1n) is 10.6. The smallest absolute Gasteiger partial charge is 0.369 e. The van der Waals surface area contributed by atoms with E-state index in [1.165, 1.54) is 6.07 Å². The molecule has 1 aliphatic rings. The van der Waals surface area contributed by atoms with E-state index in [1.807, 2.05) is 6.07 Å². The summed E-state index contributed by atoms with van der Waals surface area (Å²) in [5, 5.41) is 12.3. The van der Waals surface area contributed by atoms with Gasteiger partial charge >= 0.3 is 6.18 Å². The van der Waals surface area contributed by atoms with Crippen LogP contribution in [0.3, 0.4) is 0 Å². The van der Waals surface area contributed by atoms with Crippen molar-refractivity contribution in [3.63, 3.8) is 0 Å². The highest BCUT2D eigenvalue weighted by Crippen LogP contribution is 2.33. The minimum atomic E-state index is -4.41. The molecule has 0 spiro atoms. The minimum absolute atomic E-state index is 0.0495. The number of halogens is 3. The Bertz CT molecular complexity index is 1190. The third-order valence-corrected chi connectivity index (χ3v) is 5.87. The van der Waals surface area contributed by atoms with E-state index in [0.717, 1.165) is 23.2 Å². The lowest BCUT2D eigenvalue weighted by molar-refractivity contribution is -0.137. The summed E-state index contributed by atoms with van der Waals surface area (Å²) in [4.78, 5) is 20.3. The molecule has 1 aliphatic heterocycles. The Morgan fingerprint density at radius 2 is 1.94 bits per heavy atom. The van der Waals surface area contributed by atoms with Crippen LogP contribution < -0.4 is 10.2 Å². The van der Waals surface area contributed by atoms with Gasteiger partial charge in [-0.15, -0.1) is 5.10 Å². The van der Waals surface area contributed by atoms with E-state index in [-0.39, 0.29) is 11.8 Å². The second-order valence-electron chi connectivity index (χ2n) is 8.55. The standard InChI is InChI=1S/C23H25F3N6O/c1-13(15-6-5-7-17(8-15)23(24,25)26)28-21-19-9-18(10-27-20(19)14(2)29-30-21)32-11-16(12-32)22(33)31(3)4/h5-10,13,16H,11-12H2,1-4H3,(H,28,30)/t13-/m1/s1. The third kappa shape index (κ3) is 4.55. The largest absolute Gasteiger partial charge is 0.416 e. The molecule has 1 saturated heterocycles. The molecule has 0 radical (unpaired) electrons. The van der Waals surface area contributed by atoms with Crippen LogP contribution in [0.15, 0.2) is 36.5 Å². The number of hydrogen-bond acceptors (Lipinski definition) is 6. The van der Waals surface area contributed by atoms with E-state index in [4.69, 9.17) is 0 Å². The summed E-state index contributed by atoms with van der Waals surface area (Å²) >= 11 is 0. The van der Waals surface area contributed by atoms with Crippen LogP contribution in [-0.4, -0.2) is 53.2 Å². The molecule has 1 atom stereocenters. The van der Waals surface area contributed by atoms with E-state index in [9.17, 15) is 18.0 Å². The molecule has 174 valence electrons. The number of amides is 1. The number of nitrogens with one attached hydrogen (secondary N) is 1. The van der Waals surface area contributed by atoms with Crippen LogP contribution in [0.25, 0.3) is 10.9 Å². The zero-order valence-corrected chi connectivity index (χ0v) is 18.8. The SMILES string of the molecule is Cc1nnc(N[C@H](C)c2cccc(C(F)(F)F)c2)c2cc(N3CC(C(=O)N(C)C)C3)cnc12. The van der Waals surface area contributed by atoms with Crippen LogP contribution in [0.1, 0.15) is 29.8 Å². The average molecular weight is 458 g/mol. The molecule has 1 fully saturated rings. The van der Waals surface area contributed by atoms with E-state index >= 15 is 0 Å². The Hall–Kier alpha value is -3.43. The van der Waals surface area contributed by atoms with Crippen molar-refractivity contribution in [2.75, 3.05) is 37.4 Å². The van der Waals surface area contributed by atoms with Gasteiger partial charge in [-0.2, -0.15) is 18.3 Å². The fraction of sp³-hybridized carbons (Fsp3) is 0.391. The van der Waals surface area contributed by atoms with Crippen molar-refractivity contribution in [2.24, 2.45) is 5.92 Å². The molecule has 33 heavy (non-hydrogen) atoms. The van der Waals surface area contributed by atoms with Gasteiger partial charge in [0.25, 0.3) is 0 Å². The van der Waals surface area contributed by atoms with Gasteiger partial charge in [-0.25, -0.2) is 0 Å². The molecule has 0 unspecified atom stereocenters. The normalized spacial score (nSPS) is 15.3. The first kappa shape index (κ1) is 22.8. The summed E-state index contributed by atoms with van der Waals surface area (Å²) < 4.78 is 39.3. The first-order valence-corrected chi connectivity index (χ1v) is 10.6. The summed E-state index contributed by atoms with van der Waals surface area (Å²) in [6.45, 7) is 4.78. The number of pyridine rings is 1. The van der Waals surface area contributed by atoms with Crippen molar-refractivity contribution in [1.29, 1.82) is 0 Å². The second-order valence-corrected chi connectivity index (χ2v) is 8.55. The summed E-state index contributed by atoms with van der Waals surface area (Å²) in [6.07, 6.45) is -2.67. The van der Waals surface area contributed by atoms with Gasteiger partial charge in [0.2, 0.25) is 5.91 Å². The van der Waals surface area contributed by atoms with Crippen molar-refractivity contribution in [1.82, 2.24) is 20.1 Å². The summed E-state index contributed by atoms with van der Waals surface area (Å²) in [7, 11) is 3.49. The highest BCUT2D eigenvalue weighted by atomic mass is 19.4. The maximum Gasteiger partial charge on any atom is 0.416 e. The number of aromatic nitrogens is 3. The number of hydrogen-bond donors (Lipinski definition) is 1. The molecular formula is C23H25F3N6O. The molecule has 10 heteroatoms. The van der Waals surface area contributed by atoms with Crippen LogP contribution in [-0.2, 0) is 11.0 Å². The van der Waals surface area contributed by atoms with Crippen LogP contribution in [0.5, 0.6) is 0 Å². The van der Waals surface area contributed by atoms with E-state index in [0.29, 0.717) is 35.7 Å². The van der Waals surface area contributed by atoms with Crippen molar-refractivity contribution >= 4 is 28.3 Å². The van der Waals surface area contributed by atoms with Crippen LogP contribution in [0, 0.1) is 12.8 Å². The molecule has 1 aromatic carbocycles. The summed E-state index contributed by atoms with van der Waals surface area (Å²) in [6, 6.07) is 6.71. The lowest BCUT2D eigenvalue weighted by Gasteiger charge is -2.40. The summed E-state index contributed by atoms with van der Waals surface area (Å²) in [5.41, 5.74) is 1.95. The average Bonchev–Trinajstić information content (AvgIpc) is 2.74. The fourth-order valence-corrected chi connectivity index (χ4v) is 3.91. The van der Waals surface area contributed by atoms with Gasteiger partial charge < -0.3 is 15.1 Å². The molecule has 2 aromatic heterocycles. The minimum Gasteiger partial charge on any atom is -0.369 e. The Morgan fingerprint density at radius 1 is 1.21 bits per heavy atom. The maximum absolute atomic E-state index is 13.1. The molecular weight excluding hydrogens is 433 g/mol. The Kier molecular flexibility index (Phi) is 5.85. The van der Waals surface area contributed by atoms with Crippen molar-refractivity contribution in [3.05, 3.63) is 53.3 Å². The zero-order valence-electron chi connectivity index (χ0n) is 18.8. The number of anilines is 2. The van der Waals surface area contributed by atoms with Gasteiger partial charge in [-0.05, 0) is 37.6 Å². The van der Waals surface area contributed by atoms with Crippen molar-refractivity contribution in [2.45, 2.75) is 26.1 Å². The Morgan fingerprint density at radius 3 is 2.61 bits per heavy atom. The van der Waals surface area contributed by atoms with Gasteiger partial charge in [0.15, 0.2) is 5.82 Å². The predicted molar refractivity (Wildman–Crippen MR) is 120 cm³/mol. The number of fused-ring (bicyclic) bond motifs is 1. The van der Waals surface area contributed by atoms with E-state index < -0.39 is 17.8 Å². The summed E-state index contributed by atoms with van der Waals surface area (Å²) in [5.74, 6) is 0.488. The molecule has 3 heterocycles. The molecule has 4 rings (SSSR count). The topological polar surface area (TPSA) is 74.2 Å². The lowest BCUT2D eigenvalue weighted by Crippen LogP contribution is -2.53. The second kappa shape index (κ2) is 8.49. The van der Waals surface area contributed by atoms with Gasteiger partial charge in [0, 0.05) is 32.6 Å². The molecule has 0 aliphatic carbocycles. The molecule has 7 nitrogen and oxygen atoms in total. The third-order valence-electron chi connectivity index (χ3n) is 5.87. The maximum atomic E-state index is 13.1. The van der Waals surface area contributed by atoms with Gasteiger partial charge in [0.1, 0.15) is 0 Å². The van der Waals surface area contributed by atoms with Crippen molar-refractivity contribution in [3.8, 4) is 0 Å². The number of alkyl halides is 3. The Balaban J connectivity index is 1.60. The highest BCUT2D eigenvalue weighted by Gasteiger charge is 2.34. The quantitative estimate of drug-likeness (QED) is 0.622. The molecule has 0 bridgehead atoms. The molecule has 0 saturated carbocycles. The van der Waals surface area contributed by atoms with Gasteiger partial charge in [0.05, 0.1) is 40.6 Å². The molecule has 1 N–H and O–H groups in total. The Labute approximate surface area is 189 Å². The predicted octanol–water partition coefficient (Wildman–Crippen LogP) is 4.05. The van der Waals surface area contributed by atoms with Crippen molar-refractivity contribution < 1.29 is 18.0 Å². The number of aryl methyl sites for hydroxylation is 1. The fourth-order valence-electron chi connectivity index (χ4n) is 3.91. The number of carbonyl (C=O) groups is 1. The highest BCUT2D eigenvalue weighted by molar-refractivity contribution is 5.92. The van der Waals surface area contributed by atoms with Crippen LogP contribution in [0.2, 0.25) is 0 Å². The molecule has 1 amide bonds. The number of benzene rings is 1.